The lowest BCUT2D eigenvalue weighted by Gasteiger charge is -2.17. The van der Waals surface area contributed by atoms with Crippen molar-refractivity contribution in [3.05, 3.63) is 29.3 Å². The number of likely N-dealkylation sites (tertiary alicyclic amines) is 1. The number of halogens is 1. The summed E-state index contributed by atoms with van der Waals surface area (Å²) in [7, 11) is 0. The molecule has 0 unspecified atom stereocenters. The highest BCUT2D eigenvalue weighted by molar-refractivity contribution is 8.22. The summed E-state index contributed by atoms with van der Waals surface area (Å²) in [6.45, 7) is 2.90. The normalized spacial score (nSPS) is 14.8. The van der Waals surface area contributed by atoms with Gasteiger partial charge < -0.3 is 9.64 Å². The van der Waals surface area contributed by atoms with Gasteiger partial charge in [-0.2, -0.15) is 0 Å². The Morgan fingerprint density at radius 1 is 1.28 bits per heavy atom. The molecule has 0 bridgehead atoms. The van der Waals surface area contributed by atoms with Crippen LogP contribution >= 0.6 is 35.6 Å². The van der Waals surface area contributed by atoms with Crippen molar-refractivity contribution < 1.29 is 4.74 Å². The molecule has 0 radical (unpaired) electrons. The lowest BCUT2D eigenvalue weighted by atomic mass is 10.3. The van der Waals surface area contributed by atoms with Gasteiger partial charge in [-0.15, -0.1) is 0 Å². The molecule has 0 atom stereocenters. The number of ether oxygens (including phenoxy) is 1. The molecule has 0 N–H and O–H groups in total. The molecule has 18 heavy (non-hydrogen) atoms. The monoisotopic (exact) mass is 301 g/mol. The molecule has 1 aliphatic rings. The van der Waals surface area contributed by atoms with Gasteiger partial charge in [-0.25, -0.2) is 0 Å². The lowest BCUT2D eigenvalue weighted by molar-refractivity contribution is 0.344. The molecule has 2 nitrogen and oxygen atoms in total. The first-order valence-corrected chi connectivity index (χ1v) is 7.83. The van der Waals surface area contributed by atoms with Crippen LogP contribution in [0.2, 0.25) is 5.02 Å². The van der Waals surface area contributed by atoms with Crippen molar-refractivity contribution in [3.8, 4) is 5.75 Å². The molecule has 1 heterocycles. The predicted molar refractivity (Wildman–Crippen MR) is 82.8 cm³/mol. The van der Waals surface area contributed by atoms with E-state index < -0.39 is 0 Å². The van der Waals surface area contributed by atoms with Crippen molar-refractivity contribution in [3.63, 3.8) is 0 Å². The molecule has 1 aromatic rings. The Hall–Kier alpha value is -0.450. The van der Waals surface area contributed by atoms with E-state index in [2.05, 4.69) is 4.90 Å². The molecular weight excluding hydrogens is 286 g/mol. The van der Waals surface area contributed by atoms with E-state index in [1.54, 1.807) is 11.8 Å². The Bertz CT molecular complexity index is 390. The molecule has 0 spiro atoms. The van der Waals surface area contributed by atoms with Crippen LogP contribution in [0.25, 0.3) is 0 Å². The predicted octanol–water partition coefficient (Wildman–Crippen LogP) is 3.83. The average Bonchev–Trinajstić information content (AvgIpc) is 2.90. The zero-order valence-corrected chi connectivity index (χ0v) is 12.5. The molecule has 1 aromatic carbocycles. The van der Waals surface area contributed by atoms with E-state index in [1.165, 1.54) is 12.8 Å². The second-order valence-electron chi connectivity index (χ2n) is 4.11. The van der Waals surface area contributed by atoms with Crippen LogP contribution in [0.4, 0.5) is 0 Å². The van der Waals surface area contributed by atoms with Gasteiger partial charge in [0.2, 0.25) is 0 Å². The fourth-order valence-corrected chi connectivity index (χ4v) is 3.08. The number of hydrogen-bond acceptors (Lipinski definition) is 3. The third-order valence-electron chi connectivity index (χ3n) is 2.76. The van der Waals surface area contributed by atoms with Crippen molar-refractivity contribution >= 4 is 39.9 Å². The van der Waals surface area contributed by atoms with Crippen LogP contribution in [0, 0.1) is 0 Å². The fraction of sp³-hybridized carbons (Fsp3) is 0.462. The van der Waals surface area contributed by atoms with E-state index in [-0.39, 0.29) is 0 Å². The summed E-state index contributed by atoms with van der Waals surface area (Å²) in [6, 6.07) is 7.43. The Morgan fingerprint density at radius 3 is 2.61 bits per heavy atom. The highest BCUT2D eigenvalue weighted by Crippen LogP contribution is 2.18. The molecule has 2 rings (SSSR count). The van der Waals surface area contributed by atoms with E-state index in [0.29, 0.717) is 6.61 Å². The second kappa shape index (κ2) is 7.22. The molecule has 0 aliphatic carbocycles. The van der Waals surface area contributed by atoms with Gasteiger partial charge in [0.15, 0.2) is 0 Å². The zero-order valence-electron chi connectivity index (χ0n) is 10.1. The number of nitrogens with zero attached hydrogens (tertiary/aromatic N) is 1. The Kier molecular flexibility index (Phi) is 5.60. The standard InChI is InChI=1S/C13H16ClNOS2/c14-11-3-5-12(6-4-11)16-9-10-18-13(17)15-7-1-2-8-15/h3-6H,1-2,7-10H2. The number of hydrogen-bond donors (Lipinski definition) is 0. The molecule has 0 aromatic heterocycles. The van der Waals surface area contributed by atoms with Crippen LogP contribution in [0.5, 0.6) is 5.75 Å². The Morgan fingerprint density at radius 2 is 1.94 bits per heavy atom. The van der Waals surface area contributed by atoms with Crippen molar-refractivity contribution in [2.24, 2.45) is 0 Å². The zero-order chi connectivity index (χ0) is 12.8. The van der Waals surface area contributed by atoms with E-state index in [1.807, 2.05) is 24.3 Å². The van der Waals surface area contributed by atoms with E-state index in [0.717, 1.165) is 33.9 Å². The van der Waals surface area contributed by atoms with E-state index in [9.17, 15) is 0 Å². The van der Waals surface area contributed by atoms with Gasteiger partial charge in [0, 0.05) is 23.9 Å². The molecule has 0 amide bonds. The van der Waals surface area contributed by atoms with Crippen LogP contribution in [-0.2, 0) is 0 Å². The van der Waals surface area contributed by atoms with Gasteiger partial charge in [-0.3, -0.25) is 0 Å². The van der Waals surface area contributed by atoms with Crippen molar-refractivity contribution in [1.82, 2.24) is 4.90 Å². The Balaban J connectivity index is 1.63. The summed E-state index contributed by atoms with van der Waals surface area (Å²) >= 11 is 12.9. The van der Waals surface area contributed by atoms with Gasteiger partial charge in [-0.1, -0.05) is 35.6 Å². The molecule has 1 aliphatic heterocycles. The third-order valence-corrected chi connectivity index (χ3v) is 4.50. The van der Waals surface area contributed by atoms with Crippen LogP contribution < -0.4 is 4.74 Å². The minimum Gasteiger partial charge on any atom is -0.493 e. The first kappa shape index (κ1) is 14.0. The summed E-state index contributed by atoms with van der Waals surface area (Å²) in [4.78, 5) is 2.28. The molecular formula is C13H16ClNOS2. The summed E-state index contributed by atoms with van der Waals surface area (Å²) in [5, 5.41) is 0.729. The SMILES string of the molecule is S=C(SCCOc1ccc(Cl)cc1)N1CCCC1. The van der Waals surface area contributed by atoms with Gasteiger partial charge in [0.05, 0.1) is 6.61 Å². The van der Waals surface area contributed by atoms with Gasteiger partial charge in [0.25, 0.3) is 0 Å². The molecule has 0 saturated carbocycles. The van der Waals surface area contributed by atoms with E-state index >= 15 is 0 Å². The van der Waals surface area contributed by atoms with Crippen molar-refractivity contribution in [2.45, 2.75) is 12.8 Å². The summed E-state index contributed by atoms with van der Waals surface area (Å²) in [5.74, 6) is 1.74. The number of thiocarbonyl (C=S) groups is 1. The first-order valence-electron chi connectivity index (χ1n) is 6.06. The van der Waals surface area contributed by atoms with Crippen molar-refractivity contribution in [1.29, 1.82) is 0 Å². The average molecular weight is 302 g/mol. The maximum absolute atomic E-state index is 5.80. The Labute approximate surface area is 123 Å². The number of rotatable bonds is 4. The quantitative estimate of drug-likeness (QED) is 0.618. The summed E-state index contributed by atoms with van der Waals surface area (Å²) < 4.78 is 6.62. The summed E-state index contributed by atoms with van der Waals surface area (Å²) in [5.41, 5.74) is 0. The molecule has 1 fully saturated rings. The minimum atomic E-state index is 0.667. The second-order valence-corrected chi connectivity index (χ2v) is 6.28. The smallest absolute Gasteiger partial charge is 0.136 e. The third kappa shape index (κ3) is 4.34. The summed E-state index contributed by atoms with van der Waals surface area (Å²) in [6.07, 6.45) is 2.53. The molecule has 98 valence electrons. The van der Waals surface area contributed by atoms with Crippen LogP contribution in [-0.4, -0.2) is 34.7 Å². The maximum Gasteiger partial charge on any atom is 0.136 e. The largest absolute Gasteiger partial charge is 0.493 e. The van der Waals surface area contributed by atoms with E-state index in [4.69, 9.17) is 28.6 Å². The van der Waals surface area contributed by atoms with Crippen LogP contribution in [0.1, 0.15) is 12.8 Å². The minimum absolute atomic E-state index is 0.667. The first-order chi connectivity index (χ1) is 8.75. The van der Waals surface area contributed by atoms with Crippen LogP contribution in [0.3, 0.4) is 0 Å². The fourth-order valence-electron chi connectivity index (χ4n) is 1.81. The van der Waals surface area contributed by atoms with Gasteiger partial charge >= 0.3 is 0 Å². The highest BCUT2D eigenvalue weighted by atomic mass is 35.5. The highest BCUT2D eigenvalue weighted by Gasteiger charge is 2.14. The molecule has 1 saturated heterocycles. The topological polar surface area (TPSA) is 12.5 Å². The number of thioether (sulfide) groups is 1. The van der Waals surface area contributed by atoms with Gasteiger partial charge in [-0.05, 0) is 37.1 Å². The maximum atomic E-state index is 5.80. The number of benzene rings is 1. The van der Waals surface area contributed by atoms with Crippen molar-refractivity contribution in [2.75, 3.05) is 25.4 Å². The molecule has 5 heteroatoms. The van der Waals surface area contributed by atoms with Crippen LogP contribution in [0.15, 0.2) is 24.3 Å². The lowest BCUT2D eigenvalue weighted by Crippen LogP contribution is -2.24. The van der Waals surface area contributed by atoms with Gasteiger partial charge in [0.1, 0.15) is 10.1 Å².